The summed E-state index contributed by atoms with van der Waals surface area (Å²) in [5.41, 5.74) is 1.29. The van der Waals surface area contributed by atoms with Crippen molar-refractivity contribution in [2.45, 2.75) is 5.92 Å². The fourth-order valence-corrected chi connectivity index (χ4v) is 3.20. The Morgan fingerprint density at radius 2 is 1.87 bits per heavy atom. The van der Waals surface area contributed by atoms with Gasteiger partial charge in [-0.05, 0) is 23.8 Å². The zero-order valence-corrected chi connectivity index (χ0v) is 17.3. The molecule has 4 rings (SSSR count). The number of carbonyl (C=O) groups excluding carboxylic acids is 1. The highest BCUT2D eigenvalue weighted by Gasteiger charge is 2.35. The highest BCUT2D eigenvalue weighted by molar-refractivity contribution is 5.92. The highest BCUT2D eigenvalue weighted by Crippen LogP contribution is 2.38. The molecule has 1 aromatic carbocycles. The Bertz CT molecular complexity index is 1070. The highest BCUT2D eigenvalue weighted by atomic mass is 16.5. The van der Waals surface area contributed by atoms with Gasteiger partial charge in [-0.1, -0.05) is 5.16 Å². The lowest BCUT2D eigenvalue weighted by molar-refractivity contribution is -0.130. The zero-order chi connectivity index (χ0) is 21.8. The van der Waals surface area contributed by atoms with E-state index in [0.29, 0.717) is 47.7 Å². The summed E-state index contributed by atoms with van der Waals surface area (Å²) in [4.78, 5) is 26.7. The van der Waals surface area contributed by atoms with E-state index in [1.807, 2.05) is 0 Å². The fourth-order valence-electron chi connectivity index (χ4n) is 3.20. The molecule has 0 N–H and O–H groups in total. The molecular weight excluding hydrogens is 402 g/mol. The van der Waals surface area contributed by atoms with Gasteiger partial charge in [0.05, 0.1) is 33.4 Å². The van der Waals surface area contributed by atoms with Gasteiger partial charge in [-0.25, -0.2) is 4.98 Å². The minimum Gasteiger partial charge on any atom is -0.493 e. The molecule has 0 unspecified atom stereocenters. The van der Waals surface area contributed by atoms with Gasteiger partial charge < -0.3 is 23.6 Å². The summed E-state index contributed by atoms with van der Waals surface area (Å²) in [5, 5.41) is 3.94. The van der Waals surface area contributed by atoms with Crippen LogP contribution in [0.3, 0.4) is 0 Å². The van der Waals surface area contributed by atoms with Gasteiger partial charge in [-0.2, -0.15) is 4.98 Å². The van der Waals surface area contributed by atoms with E-state index < -0.39 is 0 Å². The van der Waals surface area contributed by atoms with E-state index in [-0.39, 0.29) is 11.8 Å². The molecule has 10 nitrogen and oxygen atoms in total. The maximum Gasteiger partial charge on any atom is 0.246 e. The normalized spacial score (nSPS) is 13.8. The van der Waals surface area contributed by atoms with Crippen LogP contribution in [0.15, 0.2) is 41.3 Å². The first-order valence-corrected chi connectivity index (χ1v) is 9.50. The van der Waals surface area contributed by atoms with Gasteiger partial charge in [-0.15, -0.1) is 0 Å². The minimum absolute atomic E-state index is 0.00329. The van der Waals surface area contributed by atoms with E-state index in [4.69, 9.17) is 18.7 Å². The second kappa shape index (κ2) is 8.82. The molecule has 0 aliphatic carbocycles. The van der Waals surface area contributed by atoms with Crippen molar-refractivity contribution in [3.05, 3.63) is 48.3 Å². The Morgan fingerprint density at radius 1 is 1.13 bits per heavy atom. The molecular formula is C21H21N5O5. The number of carbonyl (C=O) groups is 1. The van der Waals surface area contributed by atoms with Gasteiger partial charge in [0.25, 0.3) is 0 Å². The predicted octanol–water partition coefficient (Wildman–Crippen LogP) is 2.19. The molecule has 0 atom stereocenters. The van der Waals surface area contributed by atoms with Crippen molar-refractivity contribution in [3.63, 3.8) is 0 Å². The standard InChI is InChI=1S/C21H21N5O5/c1-28-16-8-13(9-17(29-2)19(16)30-3)4-5-18(27)26-11-14(12-26)21-24-20(25-31-21)15-10-22-6-7-23-15/h4-10,14H,11-12H2,1-3H3/b5-4+. The van der Waals surface area contributed by atoms with Gasteiger partial charge in [0.1, 0.15) is 5.69 Å². The van der Waals surface area contributed by atoms with Crippen molar-refractivity contribution in [2.24, 2.45) is 0 Å². The molecule has 10 heteroatoms. The van der Waals surface area contributed by atoms with Crippen LogP contribution in [0.2, 0.25) is 0 Å². The topological polar surface area (TPSA) is 113 Å². The molecule has 1 fully saturated rings. The number of nitrogens with zero attached hydrogens (tertiary/aromatic N) is 5. The molecule has 0 bridgehead atoms. The Balaban J connectivity index is 1.38. The summed E-state index contributed by atoms with van der Waals surface area (Å²) in [7, 11) is 4.63. The summed E-state index contributed by atoms with van der Waals surface area (Å²) < 4.78 is 21.3. The van der Waals surface area contributed by atoms with E-state index in [0.717, 1.165) is 5.56 Å². The first kappa shape index (κ1) is 20.3. The molecule has 1 amide bonds. The van der Waals surface area contributed by atoms with E-state index >= 15 is 0 Å². The maximum absolute atomic E-state index is 12.5. The third-order valence-corrected chi connectivity index (χ3v) is 4.88. The number of ether oxygens (including phenoxy) is 3. The van der Waals surface area contributed by atoms with Crippen LogP contribution < -0.4 is 14.2 Å². The van der Waals surface area contributed by atoms with Crippen molar-refractivity contribution in [2.75, 3.05) is 34.4 Å². The second-order valence-corrected chi connectivity index (χ2v) is 6.78. The first-order chi connectivity index (χ1) is 15.1. The fraction of sp³-hybridized carbons (Fsp3) is 0.286. The largest absolute Gasteiger partial charge is 0.493 e. The Labute approximate surface area is 178 Å². The molecule has 2 aromatic heterocycles. The third-order valence-electron chi connectivity index (χ3n) is 4.88. The van der Waals surface area contributed by atoms with Gasteiger partial charge in [0.15, 0.2) is 11.5 Å². The SMILES string of the molecule is COc1cc(/C=C/C(=O)N2CC(c3nc(-c4cnccn4)no3)C2)cc(OC)c1OC. The molecule has 1 saturated heterocycles. The average Bonchev–Trinajstić information content (AvgIpc) is 3.26. The third kappa shape index (κ3) is 4.18. The van der Waals surface area contributed by atoms with E-state index in [1.54, 1.807) is 63.0 Å². The van der Waals surface area contributed by atoms with Gasteiger partial charge in [-0.3, -0.25) is 9.78 Å². The number of amides is 1. The number of aromatic nitrogens is 4. The number of hydrogen-bond acceptors (Lipinski definition) is 9. The van der Waals surface area contributed by atoms with Crippen LogP contribution in [0.4, 0.5) is 0 Å². The van der Waals surface area contributed by atoms with Crippen LogP contribution >= 0.6 is 0 Å². The van der Waals surface area contributed by atoms with Crippen molar-refractivity contribution in [3.8, 4) is 28.8 Å². The Morgan fingerprint density at radius 3 is 2.48 bits per heavy atom. The molecule has 3 aromatic rings. The molecule has 160 valence electrons. The summed E-state index contributed by atoms with van der Waals surface area (Å²) in [6.45, 7) is 1.00. The van der Waals surface area contributed by atoms with Gasteiger partial charge in [0.2, 0.25) is 23.4 Å². The molecule has 0 radical (unpaired) electrons. The summed E-state index contributed by atoms with van der Waals surface area (Å²) in [6.07, 6.45) is 7.93. The number of likely N-dealkylation sites (tertiary alicyclic amines) is 1. The minimum atomic E-state index is -0.112. The number of benzene rings is 1. The van der Waals surface area contributed by atoms with Crippen molar-refractivity contribution < 1.29 is 23.5 Å². The lowest BCUT2D eigenvalue weighted by atomic mass is 10.00. The maximum atomic E-state index is 12.5. The summed E-state index contributed by atoms with van der Waals surface area (Å²) in [6, 6.07) is 3.55. The second-order valence-electron chi connectivity index (χ2n) is 6.78. The quantitative estimate of drug-likeness (QED) is 0.528. The van der Waals surface area contributed by atoms with Crippen LogP contribution in [0.5, 0.6) is 17.2 Å². The summed E-state index contributed by atoms with van der Waals surface area (Å²) in [5.74, 6) is 2.30. The molecule has 1 aliphatic rings. The average molecular weight is 423 g/mol. The van der Waals surface area contributed by atoms with Gasteiger partial charge in [0, 0.05) is 31.6 Å². The van der Waals surface area contributed by atoms with Crippen molar-refractivity contribution in [1.29, 1.82) is 0 Å². The van der Waals surface area contributed by atoms with E-state index in [2.05, 4.69) is 20.1 Å². The van der Waals surface area contributed by atoms with Crippen LogP contribution in [0, 0.1) is 0 Å². The smallest absolute Gasteiger partial charge is 0.246 e. The van der Waals surface area contributed by atoms with Crippen LogP contribution in [0.1, 0.15) is 17.4 Å². The number of rotatable bonds is 7. The molecule has 31 heavy (non-hydrogen) atoms. The Kier molecular flexibility index (Phi) is 5.78. The van der Waals surface area contributed by atoms with Crippen LogP contribution in [-0.2, 0) is 4.79 Å². The number of hydrogen-bond donors (Lipinski definition) is 0. The zero-order valence-electron chi connectivity index (χ0n) is 17.3. The van der Waals surface area contributed by atoms with Gasteiger partial charge >= 0.3 is 0 Å². The molecule has 3 heterocycles. The van der Waals surface area contributed by atoms with E-state index in [1.165, 1.54) is 6.08 Å². The summed E-state index contributed by atoms with van der Waals surface area (Å²) >= 11 is 0. The monoisotopic (exact) mass is 423 g/mol. The molecule has 0 spiro atoms. The van der Waals surface area contributed by atoms with Crippen molar-refractivity contribution in [1.82, 2.24) is 25.0 Å². The van der Waals surface area contributed by atoms with E-state index in [9.17, 15) is 4.79 Å². The van der Waals surface area contributed by atoms with Crippen LogP contribution in [0.25, 0.3) is 17.6 Å². The number of methoxy groups -OCH3 is 3. The lowest BCUT2D eigenvalue weighted by Crippen LogP contribution is -2.47. The predicted molar refractivity (Wildman–Crippen MR) is 110 cm³/mol. The van der Waals surface area contributed by atoms with Crippen molar-refractivity contribution >= 4 is 12.0 Å². The molecule has 1 aliphatic heterocycles. The molecule has 0 saturated carbocycles. The lowest BCUT2D eigenvalue weighted by Gasteiger charge is -2.36. The first-order valence-electron chi connectivity index (χ1n) is 9.50. The van der Waals surface area contributed by atoms with Crippen LogP contribution in [-0.4, -0.2) is 65.3 Å². The Hall–Kier alpha value is -3.95.